The van der Waals surface area contributed by atoms with E-state index in [9.17, 15) is 0 Å². The number of pyridine rings is 1. The number of hydrogen-bond donors (Lipinski definition) is 1. The first-order chi connectivity index (χ1) is 8.33. The summed E-state index contributed by atoms with van der Waals surface area (Å²) in [6, 6.07) is 3.74. The van der Waals surface area contributed by atoms with Crippen LogP contribution in [0.2, 0.25) is 0 Å². The van der Waals surface area contributed by atoms with E-state index in [-0.39, 0.29) is 0 Å². The van der Waals surface area contributed by atoms with Gasteiger partial charge in [0.05, 0.1) is 17.9 Å². The topological polar surface area (TPSA) is 72.9 Å². The molecule has 2 aromatic heterocycles. The monoisotopic (exact) mass is 230 g/mol. The molecule has 0 unspecified atom stereocenters. The van der Waals surface area contributed by atoms with Crippen LogP contribution in [0.4, 0.5) is 5.69 Å². The first kappa shape index (κ1) is 10.2. The molecule has 1 aliphatic rings. The van der Waals surface area contributed by atoms with Crippen molar-refractivity contribution >= 4 is 5.69 Å². The van der Waals surface area contributed by atoms with Gasteiger partial charge in [-0.15, -0.1) is 10.2 Å². The Morgan fingerprint density at radius 2 is 2.29 bits per heavy atom. The lowest BCUT2D eigenvalue weighted by Gasteiger charge is -2.26. The number of hydrogen-bond acceptors (Lipinski definition) is 5. The van der Waals surface area contributed by atoms with Gasteiger partial charge in [-0.3, -0.25) is 9.88 Å². The number of nitrogens with two attached hydrogens (primary N) is 1. The van der Waals surface area contributed by atoms with Crippen LogP contribution < -0.4 is 5.73 Å². The minimum absolute atomic E-state index is 0.750. The van der Waals surface area contributed by atoms with E-state index in [0.717, 1.165) is 43.4 Å². The second kappa shape index (κ2) is 4.14. The normalized spacial score (nSPS) is 15.8. The number of nitrogens with zero attached hydrogens (tertiary/aromatic N) is 5. The van der Waals surface area contributed by atoms with Gasteiger partial charge < -0.3 is 10.3 Å². The fourth-order valence-corrected chi connectivity index (χ4v) is 2.05. The van der Waals surface area contributed by atoms with Crippen molar-refractivity contribution in [1.29, 1.82) is 0 Å². The molecule has 0 saturated carbocycles. The molecule has 1 aliphatic heterocycles. The Morgan fingerprint density at radius 3 is 3.18 bits per heavy atom. The van der Waals surface area contributed by atoms with Crippen molar-refractivity contribution in [2.45, 2.75) is 19.6 Å². The maximum atomic E-state index is 5.89. The molecule has 6 nitrogen and oxygen atoms in total. The summed E-state index contributed by atoms with van der Waals surface area (Å²) in [5.74, 6) is 1.01. The van der Waals surface area contributed by atoms with Gasteiger partial charge in [0.2, 0.25) is 0 Å². The predicted molar refractivity (Wildman–Crippen MR) is 62.8 cm³/mol. The Balaban J connectivity index is 1.74. The summed E-state index contributed by atoms with van der Waals surface area (Å²) in [5.41, 5.74) is 7.57. The van der Waals surface area contributed by atoms with Gasteiger partial charge in [0.1, 0.15) is 12.2 Å². The van der Waals surface area contributed by atoms with Crippen LogP contribution in [0.15, 0.2) is 24.7 Å². The van der Waals surface area contributed by atoms with E-state index in [2.05, 4.69) is 24.6 Å². The highest BCUT2D eigenvalue weighted by Crippen LogP contribution is 2.15. The fourth-order valence-electron chi connectivity index (χ4n) is 2.05. The number of nitrogen functional groups attached to an aromatic ring is 1. The molecular weight excluding hydrogens is 216 g/mol. The highest BCUT2D eigenvalue weighted by molar-refractivity contribution is 5.41. The zero-order chi connectivity index (χ0) is 11.7. The van der Waals surface area contributed by atoms with Crippen molar-refractivity contribution < 1.29 is 0 Å². The zero-order valence-electron chi connectivity index (χ0n) is 9.45. The number of anilines is 1. The van der Waals surface area contributed by atoms with E-state index in [4.69, 9.17) is 5.73 Å². The predicted octanol–water partition coefficient (Wildman–Crippen LogP) is 0.271. The zero-order valence-corrected chi connectivity index (χ0v) is 9.45. The van der Waals surface area contributed by atoms with Crippen molar-refractivity contribution in [2.75, 3.05) is 12.3 Å². The molecule has 6 heteroatoms. The van der Waals surface area contributed by atoms with Crippen molar-refractivity contribution in [3.63, 3.8) is 0 Å². The highest BCUT2D eigenvalue weighted by atomic mass is 15.3. The Labute approximate surface area is 99.1 Å². The summed E-state index contributed by atoms with van der Waals surface area (Å²) in [4.78, 5) is 6.59. The maximum Gasteiger partial charge on any atom is 0.147 e. The van der Waals surface area contributed by atoms with Crippen molar-refractivity contribution in [2.24, 2.45) is 0 Å². The van der Waals surface area contributed by atoms with E-state index in [1.807, 2.05) is 12.1 Å². The molecule has 0 saturated heterocycles. The van der Waals surface area contributed by atoms with Crippen LogP contribution in [0.5, 0.6) is 0 Å². The molecule has 0 radical (unpaired) electrons. The van der Waals surface area contributed by atoms with Crippen LogP contribution in [0.25, 0.3) is 0 Å². The number of rotatable bonds is 2. The lowest BCUT2D eigenvalue weighted by atomic mass is 10.2. The van der Waals surface area contributed by atoms with E-state index in [1.165, 1.54) is 0 Å². The SMILES string of the molecule is Nc1cccnc1CN1CCn2cnnc2C1. The van der Waals surface area contributed by atoms with Gasteiger partial charge >= 0.3 is 0 Å². The first-order valence-electron chi connectivity index (χ1n) is 5.61. The molecular formula is C11H14N6. The Hall–Kier alpha value is -1.95. The molecule has 3 rings (SSSR count). The average molecular weight is 230 g/mol. The summed E-state index contributed by atoms with van der Waals surface area (Å²) in [6.07, 6.45) is 3.56. The Kier molecular flexibility index (Phi) is 2.49. The molecule has 0 aromatic carbocycles. The fraction of sp³-hybridized carbons (Fsp3) is 0.364. The second-order valence-corrected chi connectivity index (χ2v) is 4.19. The number of aromatic nitrogens is 4. The molecule has 0 spiro atoms. The maximum absolute atomic E-state index is 5.89. The van der Waals surface area contributed by atoms with Crippen molar-refractivity contribution in [1.82, 2.24) is 24.6 Å². The van der Waals surface area contributed by atoms with E-state index in [1.54, 1.807) is 12.5 Å². The Morgan fingerprint density at radius 1 is 1.35 bits per heavy atom. The lowest BCUT2D eigenvalue weighted by molar-refractivity contribution is 0.207. The van der Waals surface area contributed by atoms with Crippen LogP contribution in [0.1, 0.15) is 11.5 Å². The van der Waals surface area contributed by atoms with E-state index >= 15 is 0 Å². The van der Waals surface area contributed by atoms with Gasteiger partial charge in [0.15, 0.2) is 0 Å². The molecule has 0 aliphatic carbocycles. The van der Waals surface area contributed by atoms with Crippen LogP contribution >= 0.6 is 0 Å². The van der Waals surface area contributed by atoms with Crippen LogP contribution in [0.3, 0.4) is 0 Å². The largest absolute Gasteiger partial charge is 0.397 e. The molecule has 0 atom stereocenters. The second-order valence-electron chi connectivity index (χ2n) is 4.19. The van der Waals surface area contributed by atoms with Gasteiger partial charge in [-0.2, -0.15) is 0 Å². The molecule has 0 amide bonds. The molecule has 3 heterocycles. The van der Waals surface area contributed by atoms with Gasteiger partial charge in [-0.05, 0) is 12.1 Å². The summed E-state index contributed by atoms with van der Waals surface area (Å²) in [5, 5.41) is 8.00. The smallest absolute Gasteiger partial charge is 0.147 e. The molecule has 2 aromatic rings. The molecule has 88 valence electrons. The van der Waals surface area contributed by atoms with Gasteiger partial charge in [-0.25, -0.2) is 0 Å². The van der Waals surface area contributed by atoms with Crippen LogP contribution in [-0.4, -0.2) is 31.2 Å². The highest BCUT2D eigenvalue weighted by Gasteiger charge is 2.18. The van der Waals surface area contributed by atoms with Gasteiger partial charge in [0, 0.05) is 25.8 Å². The third-order valence-electron chi connectivity index (χ3n) is 3.02. The molecule has 0 bridgehead atoms. The minimum Gasteiger partial charge on any atom is -0.397 e. The quantitative estimate of drug-likeness (QED) is 0.801. The standard InChI is InChI=1S/C11H14N6/c12-9-2-1-3-13-10(9)6-16-4-5-17-8-14-15-11(17)7-16/h1-3,8H,4-7,12H2. The molecule has 0 fully saturated rings. The minimum atomic E-state index is 0.750. The summed E-state index contributed by atoms with van der Waals surface area (Å²) >= 11 is 0. The third kappa shape index (κ3) is 1.99. The van der Waals surface area contributed by atoms with Crippen LogP contribution in [0, 0.1) is 0 Å². The summed E-state index contributed by atoms with van der Waals surface area (Å²) < 4.78 is 2.08. The Bertz CT molecular complexity index is 520. The summed E-state index contributed by atoms with van der Waals surface area (Å²) in [7, 11) is 0. The van der Waals surface area contributed by atoms with Gasteiger partial charge in [0.25, 0.3) is 0 Å². The van der Waals surface area contributed by atoms with E-state index in [0.29, 0.717) is 0 Å². The molecule has 17 heavy (non-hydrogen) atoms. The number of fused-ring (bicyclic) bond motifs is 1. The van der Waals surface area contributed by atoms with E-state index < -0.39 is 0 Å². The first-order valence-corrected chi connectivity index (χ1v) is 5.61. The van der Waals surface area contributed by atoms with Crippen molar-refractivity contribution in [3.8, 4) is 0 Å². The summed E-state index contributed by atoms with van der Waals surface area (Å²) in [6.45, 7) is 3.46. The van der Waals surface area contributed by atoms with Gasteiger partial charge in [-0.1, -0.05) is 0 Å². The average Bonchev–Trinajstić information content (AvgIpc) is 2.79. The lowest BCUT2D eigenvalue weighted by Crippen LogP contribution is -2.33. The van der Waals surface area contributed by atoms with Crippen LogP contribution in [-0.2, 0) is 19.6 Å². The molecule has 2 N–H and O–H groups in total. The van der Waals surface area contributed by atoms with Crippen molar-refractivity contribution in [3.05, 3.63) is 36.2 Å². The third-order valence-corrected chi connectivity index (χ3v) is 3.02.